The highest BCUT2D eigenvalue weighted by Gasteiger charge is 2.36. The number of rotatable bonds is 7. The zero-order chi connectivity index (χ0) is 12.8. The van der Waals surface area contributed by atoms with E-state index in [0.717, 1.165) is 6.92 Å². The molecule has 16 heavy (non-hydrogen) atoms. The van der Waals surface area contributed by atoms with E-state index in [-0.39, 0.29) is 13.2 Å². The summed E-state index contributed by atoms with van der Waals surface area (Å²) >= 11 is 0. The zero-order valence-corrected chi connectivity index (χ0v) is 9.68. The summed E-state index contributed by atoms with van der Waals surface area (Å²) in [6.07, 6.45) is -4.89. The van der Waals surface area contributed by atoms with Crippen molar-refractivity contribution in [2.24, 2.45) is 5.73 Å². The Morgan fingerprint density at radius 1 is 1.38 bits per heavy atom. The lowest BCUT2D eigenvalue weighted by Crippen LogP contribution is -2.37. The first-order chi connectivity index (χ1) is 7.25. The molecule has 0 aliphatic heterocycles. The average Bonchev–Trinajstić information content (AvgIpc) is 2.22. The van der Waals surface area contributed by atoms with Crippen molar-refractivity contribution < 1.29 is 23.0 Å². The van der Waals surface area contributed by atoms with E-state index in [1.807, 2.05) is 0 Å². The molecule has 0 spiro atoms. The Hall–Kier alpha value is -0.330. The van der Waals surface area contributed by atoms with Crippen LogP contribution in [0.2, 0.25) is 0 Å². The maximum Gasteiger partial charge on any atom is 0.414 e. The van der Waals surface area contributed by atoms with E-state index >= 15 is 0 Å². The topological polar surface area (TPSA) is 55.5 Å². The molecule has 0 bridgehead atoms. The molecule has 0 rings (SSSR count). The van der Waals surface area contributed by atoms with Crippen molar-refractivity contribution in [2.45, 2.75) is 51.0 Å². The molecule has 0 aromatic heterocycles. The predicted octanol–water partition coefficient (Wildman–Crippen LogP) is 1.83. The Bertz CT molecular complexity index is 193. The van der Waals surface area contributed by atoms with Crippen molar-refractivity contribution >= 4 is 0 Å². The molecule has 0 radical (unpaired) electrons. The van der Waals surface area contributed by atoms with E-state index in [1.165, 1.54) is 0 Å². The summed E-state index contributed by atoms with van der Waals surface area (Å²) in [7, 11) is 0. The van der Waals surface area contributed by atoms with E-state index in [9.17, 15) is 18.3 Å². The number of nitrogens with two attached hydrogens (primary N) is 1. The molecule has 2 atom stereocenters. The van der Waals surface area contributed by atoms with Crippen LogP contribution in [0.3, 0.4) is 0 Å². The van der Waals surface area contributed by atoms with Gasteiger partial charge in [-0.2, -0.15) is 13.2 Å². The maximum absolute atomic E-state index is 12.0. The standard InChI is InChI=1S/C10H20F3NO2/c1-3-9(15,7-14)5-4-6-16-8(2)10(11,12)13/h8,15H,3-7,14H2,1-2H3. The molecule has 2 unspecified atom stereocenters. The molecule has 0 fully saturated rings. The number of hydrogen-bond acceptors (Lipinski definition) is 3. The minimum Gasteiger partial charge on any atom is -0.389 e. The van der Waals surface area contributed by atoms with Crippen molar-refractivity contribution in [3.8, 4) is 0 Å². The number of hydrogen-bond donors (Lipinski definition) is 2. The summed E-state index contributed by atoms with van der Waals surface area (Å²) < 4.78 is 40.8. The second-order valence-electron chi connectivity index (χ2n) is 3.94. The molecular weight excluding hydrogens is 223 g/mol. The van der Waals surface area contributed by atoms with Crippen LogP contribution in [0.1, 0.15) is 33.1 Å². The first kappa shape index (κ1) is 15.7. The molecule has 0 amide bonds. The van der Waals surface area contributed by atoms with Gasteiger partial charge in [0.25, 0.3) is 0 Å². The van der Waals surface area contributed by atoms with E-state index in [2.05, 4.69) is 4.74 Å². The third-order valence-electron chi connectivity index (χ3n) is 2.65. The summed E-state index contributed by atoms with van der Waals surface area (Å²) in [5.41, 5.74) is 4.38. The summed E-state index contributed by atoms with van der Waals surface area (Å²) in [6, 6.07) is 0. The van der Waals surface area contributed by atoms with Crippen LogP contribution in [0.5, 0.6) is 0 Å². The fourth-order valence-corrected chi connectivity index (χ4v) is 1.18. The highest BCUT2D eigenvalue weighted by molar-refractivity contribution is 4.77. The van der Waals surface area contributed by atoms with E-state index in [1.54, 1.807) is 6.92 Å². The van der Waals surface area contributed by atoms with Crippen molar-refractivity contribution in [2.75, 3.05) is 13.2 Å². The molecule has 0 heterocycles. The predicted molar refractivity (Wildman–Crippen MR) is 55.0 cm³/mol. The van der Waals surface area contributed by atoms with Gasteiger partial charge in [-0.3, -0.25) is 0 Å². The Balaban J connectivity index is 3.76. The molecule has 3 N–H and O–H groups in total. The molecule has 6 heteroatoms. The highest BCUT2D eigenvalue weighted by Crippen LogP contribution is 2.23. The molecule has 0 aromatic rings. The van der Waals surface area contributed by atoms with Gasteiger partial charge in [0.1, 0.15) is 0 Å². The van der Waals surface area contributed by atoms with Crippen LogP contribution >= 0.6 is 0 Å². The van der Waals surface area contributed by atoms with Gasteiger partial charge >= 0.3 is 6.18 Å². The molecule has 98 valence electrons. The maximum atomic E-state index is 12.0. The summed E-state index contributed by atoms with van der Waals surface area (Å²) in [6.45, 7) is 2.84. The third-order valence-corrected chi connectivity index (χ3v) is 2.65. The van der Waals surface area contributed by atoms with Crippen molar-refractivity contribution in [3.63, 3.8) is 0 Å². The van der Waals surface area contributed by atoms with Gasteiger partial charge in [-0.25, -0.2) is 0 Å². The first-order valence-corrected chi connectivity index (χ1v) is 5.36. The largest absolute Gasteiger partial charge is 0.414 e. The molecule has 0 aliphatic rings. The molecule has 0 saturated carbocycles. The smallest absolute Gasteiger partial charge is 0.389 e. The van der Waals surface area contributed by atoms with Crippen molar-refractivity contribution in [1.82, 2.24) is 0 Å². The average molecular weight is 243 g/mol. The Kier molecular flexibility index (Phi) is 6.28. The molecule has 0 aliphatic carbocycles. The molecule has 0 aromatic carbocycles. The highest BCUT2D eigenvalue weighted by atomic mass is 19.4. The van der Waals surface area contributed by atoms with Gasteiger partial charge in [-0.05, 0) is 26.2 Å². The van der Waals surface area contributed by atoms with E-state index in [0.29, 0.717) is 19.3 Å². The van der Waals surface area contributed by atoms with Crippen LogP contribution in [0.4, 0.5) is 13.2 Å². The summed E-state index contributed by atoms with van der Waals surface area (Å²) in [5, 5.41) is 9.75. The lowest BCUT2D eigenvalue weighted by Gasteiger charge is -2.25. The SMILES string of the molecule is CCC(O)(CN)CCCOC(C)C(F)(F)F. The Morgan fingerprint density at radius 3 is 2.31 bits per heavy atom. The van der Waals surface area contributed by atoms with Gasteiger partial charge in [-0.15, -0.1) is 0 Å². The normalized spacial score (nSPS) is 18.2. The Labute approximate surface area is 93.8 Å². The van der Waals surface area contributed by atoms with Crippen molar-refractivity contribution in [1.29, 1.82) is 0 Å². The van der Waals surface area contributed by atoms with Gasteiger partial charge in [0.15, 0.2) is 6.10 Å². The molecule has 0 saturated heterocycles. The number of ether oxygens (including phenoxy) is 1. The molecular formula is C10H20F3NO2. The molecule has 3 nitrogen and oxygen atoms in total. The monoisotopic (exact) mass is 243 g/mol. The fraction of sp³-hybridized carbons (Fsp3) is 1.00. The van der Waals surface area contributed by atoms with Gasteiger partial charge in [-0.1, -0.05) is 6.92 Å². The van der Waals surface area contributed by atoms with E-state index in [4.69, 9.17) is 5.73 Å². The summed E-state index contributed by atoms with van der Waals surface area (Å²) in [5.74, 6) is 0. The number of halogens is 3. The zero-order valence-electron chi connectivity index (χ0n) is 9.68. The minimum atomic E-state index is -4.32. The van der Waals surface area contributed by atoms with Gasteiger partial charge < -0.3 is 15.6 Å². The summed E-state index contributed by atoms with van der Waals surface area (Å²) in [4.78, 5) is 0. The number of alkyl halides is 3. The minimum absolute atomic E-state index is 0.0248. The van der Waals surface area contributed by atoms with Crippen LogP contribution in [0.25, 0.3) is 0 Å². The Morgan fingerprint density at radius 2 is 1.94 bits per heavy atom. The van der Waals surface area contributed by atoms with Crippen molar-refractivity contribution in [3.05, 3.63) is 0 Å². The lowest BCUT2D eigenvalue weighted by atomic mass is 9.95. The van der Waals surface area contributed by atoms with Gasteiger partial charge in [0.2, 0.25) is 0 Å². The van der Waals surface area contributed by atoms with Crippen LogP contribution in [-0.4, -0.2) is 36.1 Å². The number of aliphatic hydroxyl groups is 1. The fourth-order valence-electron chi connectivity index (χ4n) is 1.18. The van der Waals surface area contributed by atoms with Crippen LogP contribution in [-0.2, 0) is 4.74 Å². The third kappa shape index (κ3) is 5.67. The second kappa shape index (κ2) is 6.42. The second-order valence-corrected chi connectivity index (χ2v) is 3.94. The quantitative estimate of drug-likeness (QED) is 0.671. The van der Waals surface area contributed by atoms with Gasteiger partial charge in [0.05, 0.1) is 5.60 Å². The lowest BCUT2D eigenvalue weighted by molar-refractivity contribution is -0.214. The van der Waals surface area contributed by atoms with Crippen LogP contribution in [0, 0.1) is 0 Å². The first-order valence-electron chi connectivity index (χ1n) is 5.36. The van der Waals surface area contributed by atoms with Crippen LogP contribution < -0.4 is 5.73 Å². The van der Waals surface area contributed by atoms with Gasteiger partial charge in [0, 0.05) is 13.2 Å². The van der Waals surface area contributed by atoms with E-state index < -0.39 is 17.9 Å². The van der Waals surface area contributed by atoms with Crippen LogP contribution in [0.15, 0.2) is 0 Å².